The standard InChI is InChI=1S/C29H29FN6O8/c1-3-10-31-29(39)35-24-21-25(33-13-32-24)36(14-34-21)26-23-22(43-28(44-23)15-4-6-16(30)7-5-15)20(42-26)12-41-19-9-8-17(40-2)11-18(19)27(37)38/h4-9,11,13-14,20,22-23,26,28H,3,10,12H2,1-2H3,(H,37,38)(H2,31,32,33,35,39)/t20?,22?,23?,26?,28-/m0/s1. The second-order valence-corrected chi connectivity index (χ2v) is 10.1. The molecular formula is C29H29FN6O8. The summed E-state index contributed by atoms with van der Waals surface area (Å²) in [4.78, 5) is 37.2. The van der Waals surface area contributed by atoms with Gasteiger partial charge in [-0.3, -0.25) is 9.88 Å². The molecule has 4 heterocycles. The third kappa shape index (κ3) is 5.71. The Morgan fingerprint density at radius 1 is 1.07 bits per heavy atom. The summed E-state index contributed by atoms with van der Waals surface area (Å²) in [5, 5.41) is 15.1. The number of aromatic carboxylic acids is 1. The number of rotatable bonds is 10. The van der Waals surface area contributed by atoms with Crippen LogP contribution in [-0.4, -0.2) is 75.2 Å². The fourth-order valence-corrected chi connectivity index (χ4v) is 5.09. The molecule has 230 valence electrons. The predicted octanol–water partition coefficient (Wildman–Crippen LogP) is 3.66. The van der Waals surface area contributed by atoms with Gasteiger partial charge in [0, 0.05) is 12.1 Å². The van der Waals surface area contributed by atoms with Crippen molar-refractivity contribution in [1.82, 2.24) is 24.8 Å². The summed E-state index contributed by atoms with van der Waals surface area (Å²) in [7, 11) is 1.44. The molecule has 2 aromatic heterocycles. The van der Waals surface area contributed by atoms with E-state index in [-0.39, 0.29) is 23.7 Å². The number of anilines is 1. The molecule has 3 N–H and O–H groups in total. The molecule has 2 amide bonds. The first-order chi connectivity index (χ1) is 21.4. The smallest absolute Gasteiger partial charge is 0.339 e. The zero-order valence-corrected chi connectivity index (χ0v) is 23.7. The van der Waals surface area contributed by atoms with Crippen LogP contribution in [0.4, 0.5) is 15.0 Å². The molecule has 0 radical (unpaired) electrons. The van der Waals surface area contributed by atoms with Crippen molar-refractivity contribution in [2.75, 3.05) is 25.6 Å². The van der Waals surface area contributed by atoms with Crippen LogP contribution in [0.1, 0.15) is 41.8 Å². The van der Waals surface area contributed by atoms with E-state index in [1.165, 1.54) is 44.0 Å². The van der Waals surface area contributed by atoms with E-state index in [2.05, 4.69) is 25.6 Å². The number of hydrogen-bond donors (Lipinski definition) is 3. The molecule has 0 spiro atoms. The van der Waals surface area contributed by atoms with E-state index in [4.69, 9.17) is 23.7 Å². The number of carbonyl (C=O) groups is 2. The molecule has 2 aliphatic heterocycles. The number of imidazole rings is 1. The van der Waals surface area contributed by atoms with Gasteiger partial charge < -0.3 is 34.1 Å². The van der Waals surface area contributed by atoms with Gasteiger partial charge in [0.15, 0.2) is 29.5 Å². The molecule has 2 aromatic carbocycles. The first kappa shape index (κ1) is 29.2. The summed E-state index contributed by atoms with van der Waals surface area (Å²) in [6, 6.07) is 9.80. The van der Waals surface area contributed by atoms with Gasteiger partial charge in [-0.1, -0.05) is 19.1 Å². The highest BCUT2D eigenvalue weighted by Gasteiger charge is 2.54. The number of methoxy groups -OCH3 is 1. The first-order valence-electron chi connectivity index (χ1n) is 13.8. The van der Waals surface area contributed by atoms with E-state index >= 15 is 0 Å². The summed E-state index contributed by atoms with van der Waals surface area (Å²) >= 11 is 0. The van der Waals surface area contributed by atoms with E-state index < -0.39 is 48.6 Å². The summed E-state index contributed by atoms with van der Waals surface area (Å²) in [6.45, 7) is 2.35. The van der Waals surface area contributed by atoms with Crippen LogP contribution in [0.15, 0.2) is 55.1 Å². The third-order valence-corrected chi connectivity index (χ3v) is 7.21. The maximum atomic E-state index is 13.6. The lowest BCUT2D eigenvalue weighted by Gasteiger charge is -2.22. The Bertz CT molecular complexity index is 1670. The molecule has 2 saturated heterocycles. The Morgan fingerprint density at radius 3 is 2.61 bits per heavy atom. The lowest BCUT2D eigenvalue weighted by Crippen LogP contribution is -2.33. The van der Waals surface area contributed by atoms with Crippen molar-refractivity contribution < 1.29 is 42.8 Å². The van der Waals surface area contributed by atoms with E-state index in [1.807, 2.05) is 6.92 Å². The van der Waals surface area contributed by atoms with Crippen LogP contribution in [0.2, 0.25) is 0 Å². The molecular weight excluding hydrogens is 579 g/mol. The number of nitrogens with one attached hydrogen (secondary N) is 2. The summed E-state index contributed by atoms with van der Waals surface area (Å²) in [5.74, 6) is -0.881. The number of carboxylic acid groups (broad SMARTS) is 1. The third-order valence-electron chi connectivity index (χ3n) is 7.21. The average molecular weight is 609 g/mol. The zero-order chi connectivity index (χ0) is 30.8. The highest BCUT2D eigenvalue weighted by Crippen LogP contribution is 2.45. The van der Waals surface area contributed by atoms with Crippen LogP contribution in [0, 0.1) is 5.82 Å². The van der Waals surface area contributed by atoms with Gasteiger partial charge in [0.2, 0.25) is 0 Å². The van der Waals surface area contributed by atoms with Crippen molar-refractivity contribution in [2.45, 2.75) is 44.2 Å². The minimum absolute atomic E-state index is 0.0801. The van der Waals surface area contributed by atoms with Gasteiger partial charge in [-0.25, -0.2) is 28.9 Å². The van der Waals surface area contributed by atoms with Crippen molar-refractivity contribution in [1.29, 1.82) is 0 Å². The van der Waals surface area contributed by atoms with Crippen LogP contribution < -0.4 is 20.1 Å². The fraction of sp³-hybridized carbons (Fsp3) is 0.345. The second kappa shape index (κ2) is 12.4. The highest BCUT2D eigenvalue weighted by atomic mass is 19.1. The topological polar surface area (TPSA) is 168 Å². The molecule has 15 heteroatoms. The number of aromatic nitrogens is 4. The zero-order valence-electron chi connectivity index (χ0n) is 23.7. The normalized spacial score (nSPS) is 22.5. The predicted molar refractivity (Wildman–Crippen MR) is 151 cm³/mol. The van der Waals surface area contributed by atoms with E-state index in [0.717, 1.165) is 6.42 Å². The van der Waals surface area contributed by atoms with Crippen LogP contribution in [0.25, 0.3) is 11.2 Å². The van der Waals surface area contributed by atoms with Crippen LogP contribution in [-0.2, 0) is 14.2 Å². The number of fused-ring (bicyclic) bond motifs is 2. The minimum Gasteiger partial charge on any atom is -0.497 e. The fourth-order valence-electron chi connectivity index (χ4n) is 5.09. The van der Waals surface area contributed by atoms with E-state index in [1.54, 1.807) is 22.8 Å². The largest absolute Gasteiger partial charge is 0.497 e. The lowest BCUT2D eigenvalue weighted by atomic mass is 10.1. The highest BCUT2D eigenvalue weighted by molar-refractivity contribution is 5.95. The van der Waals surface area contributed by atoms with Crippen molar-refractivity contribution in [3.8, 4) is 11.5 Å². The number of carbonyl (C=O) groups excluding carboxylic acids is 1. The molecule has 4 unspecified atom stereocenters. The van der Waals surface area contributed by atoms with Gasteiger partial charge in [0.25, 0.3) is 0 Å². The molecule has 0 saturated carbocycles. The molecule has 44 heavy (non-hydrogen) atoms. The van der Waals surface area contributed by atoms with Crippen molar-refractivity contribution in [3.63, 3.8) is 0 Å². The van der Waals surface area contributed by atoms with E-state index in [9.17, 15) is 19.1 Å². The monoisotopic (exact) mass is 608 g/mol. The Hall–Kier alpha value is -4.86. The van der Waals surface area contributed by atoms with Crippen molar-refractivity contribution >= 4 is 29.0 Å². The van der Waals surface area contributed by atoms with Crippen molar-refractivity contribution in [2.24, 2.45) is 0 Å². The van der Waals surface area contributed by atoms with Gasteiger partial charge >= 0.3 is 12.0 Å². The van der Waals surface area contributed by atoms with Crippen LogP contribution >= 0.6 is 0 Å². The molecule has 2 fully saturated rings. The van der Waals surface area contributed by atoms with Gasteiger partial charge in [-0.15, -0.1) is 0 Å². The SMILES string of the molecule is CCCNC(=O)Nc1ncnc2c1ncn2C1OC(COc2ccc(OC)cc2C(=O)O)C2O[C@H](c3ccc(F)cc3)OC21. The molecule has 4 aromatic rings. The molecule has 5 atom stereocenters. The summed E-state index contributed by atoms with van der Waals surface area (Å²) < 4.78 is 45.3. The number of halogens is 1. The molecule has 14 nitrogen and oxygen atoms in total. The second-order valence-electron chi connectivity index (χ2n) is 10.1. The first-order valence-corrected chi connectivity index (χ1v) is 13.8. The van der Waals surface area contributed by atoms with Gasteiger partial charge in [0.1, 0.15) is 54.1 Å². The Labute approximate surface area is 250 Å². The summed E-state index contributed by atoms with van der Waals surface area (Å²) in [6.07, 6.45) is -0.160. The maximum Gasteiger partial charge on any atom is 0.339 e. The maximum absolute atomic E-state index is 13.6. The Morgan fingerprint density at radius 2 is 1.86 bits per heavy atom. The molecule has 2 aliphatic rings. The van der Waals surface area contributed by atoms with E-state index in [0.29, 0.717) is 29.0 Å². The van der Waals surface area contributed by atoms with Gasteiger partial charge in [0.05, 0.1) is 13.4 Å². The average Bonchev–Trinajstić information content (AvgIpc) is 3.74. The molecule has 0 bridgehead atoms. The van der Waals surface area contributed by atoms with Crippen molar-refractivity contribution in [3.05, 3.63) is 72.1 Å². The quantitative estimate of drug-likeness (QED) is 0.240. The minimum atomic E-state index is -1.18. The van der Waals surface area contributed by atoms with Gasteiger partial charge in [-0.05, 0) is 36.8 Å². The van der Waals surface area contributed by atoms with Gasteiger partial charge in [-0.2, -0.15) is 0 Å². The number of benzene rings is 2. The number of carboxylic acids is 1. The number of amides is 2. The molecule has 6 rings (SSSR count). The number of nitrogens with zero attached hydrogens (tertiary/aromatic N) is 4. The number of ether oxygens (including phenoxy) is 5. The number of hydrogen-bond acceptors (Lipinski definition) is 10. The Balaban J connectivity index is 1.29. The summed E-state index contributed by atoms with van der Waals surface area (Å²) in [5.41, 5.74) is 1.22. The van der Waals surface area contributed by atoms with Crippen LogP contribution in [0.3, 0.4) is 0 Å². The lowest BCUT2D eigenvalue weighted by molar-refractivity contribution is -0.152. The van der Waals surface area contributed by atoms with Crippen LogP contribution in [0.5, 0.6) is 11.5 Å². The number of urea groups is 1. The Kier molecular flexibility index (Phi) is 8.23. The molecule has 0 aliphatic carbocycles.